The summed E-state index contributed by atoms with van der Waals surface area (Å²) in [6, 6.07) is 19.3. The van der Waals surface area contributed by atoms with Gasteiger partial charge in [-0.1, -0.05) is 73.1 Å². The smallest absolute Gasteiger partial charge is 0.0874 e. The fourth-order valence-electron chi connectivity index (χ4n) is 3.57. The van der Waals surface area contributed by atoms with Crippen molar-refractivity contribution in [2.75, 3.05) is 0 Å². The van der Waals surface area contributed by atoms with Crippen LogP contribution in [-0.2, 0) is 0 Å². The van der Waals surface area contributed by atoms with Crippen molar-refractivity contribution in [3.63, 3.8) is 0 Å². The highest BCUT2D eigenvalue weighted by Gasteiger charge is 2.13. The van der Waals surface area contributed by atoms with Crippen LogP contribution in [0.1, 0.15) is 31.7 Å². The van der Waals surface area contributed by atoms with Gasteiger partial charge in [-0.15, -0.1) is 0 Å². The predicted octanol–water partition coefficient (Wildman–Crippen LogP) is 5.95. The third-order valence-corrected chi connectivity index (χ3v) is 4.73. The Labute approximate surface area is 135 Å². The van der Waals surface area contributed by atoms with E-state index >= 15 is 0 Å². The molecule has 0 heterocycles. The summed E-state index contributed by atoms with van der Waals surface area (Å²) in [5.74, 6) is 0. The Morgan fingerprint density at radius 2 is 1.52 bits per heavy atom. The normalized spacial score (nSPS) is 12.7. The summed E-state index contributed by atoms with van der Waals surface area (Å²) in [4.78, 5) is 0. The quantitative estimate of drug-likeness (QED) is 0.215. The van der Waals surface area contributed by atoms with Crippen molar-refractivity contribution in [1.29, 1.82) is 0 Å². The van der Waals surface area contributed by atoms with Gasteiger partial charge < -0.3 is 5.21 Å². The molecule has 2 heteroatoms. The van der Waals surface area contributed by atoms with Crippen LogP contribution in [0.15, 0.2) is 59.8 Å². The van der Waals surface area contributed by atoms with E-state index in [0.29, 0.717) is 0 Å². The van der Waals surface area contributed by atoms with E-state index in [1.54, 1.807) is 0 Å². The Balaban J connectivity index is 2.07. The Bertz CT molecular complexity index is 1000. The van der Waals surface area contributed by atoms with Gasteiger partial charge in [0.1, 0.15) is 0 Å². The van der Waals surface area contributed by atoms with Crippen LogP contribution >= 0.6 is 0 Å². The van der Waals surface area contributed by atoms with E-state index in [1.807, 2.05) is 0 Å². The lowest BCUT2D eigenvalue weighted by atomic mass is 9.90. The molecule has 0 bridgehead atoms. The number of hydrogen-bond acceptors (Lipinski definition) is 2. The largest absolute Gasteiger partial charge is 0.411 e. The van der Waals surface area contributed by atoms with Crippen molar-refractivity contribution in [2.24, 2.45) is 5.16 Å². The molecule has 0 radical (unpaired) electrons. The second-order valence-electron chi connectivity index (χ2n) is 6.12. The summed E-state index contributed by atoms with van der Waals surface area (Å²) < 4.78 is 0. The first kappa shape index (κ1) is 14.0. The number of benzene rings is 4. The standard InChI is InChI=1S/C21H19NO/c1-2-3-7-19(22-23)17-12-10-16-9-8-14-5-4-6-15-11-13-18(17)21(16)20(14)15/h4-6,8-13,23H,2-3,7H2,1H3/b22-19-. The monoisotopic (exact) mass is 301 g/mol. The molecule has 0 aromatic heterocycles. The molecule has 2 nitrogen and oxygen atoms in total. The van der Waals surface area contributed by atoms with Gasteiger partial charge in [0.15, 0.2) is 0 Å². The molecule has 114 valence electrons. The van der Waals surface area contributed by atoms with Crippen LogP contribution in [-0.4, -0.2) is 10.9 Å². The van der Waals surface area contributed by atoms with Crippen molar-refractivity contribution in [3.8, 4) is 0 Å². The lowest BCUT2D eigenvalue weighted by Gasteiger charge is -2.14. The summed E-state index contributed by atoms with van der Waals surface area (Å²) in [5.41, 5.74) is 1.83. The average Bonchev–Trinajstić information content (AvgIpc) is 2.61. The number of nitrogens with zero attached hydrogens (tertiary/aromatic N) is 1. The molecule has 0 aliphatic heterocycles. The molecular weight excluding hydrogens is 282 g/mol. The fraction of sp³-hybridized carbons (Fsp3) is 0.190. The Morgan fingerprint density at radius 1 is 0.870 bits per heavy atom. The van der Waals surface area contributed by atoms with Gasteiger partial charge in [0, 0.05) is 5.56 Å². The summed E-state index contributed by atoms with van der Waals surface area (Å²) in [6.07, 6.45) is 2.92. The van der Waals surface area contributed by atoms with Crippen LogP contribution < -0.4 is 0 Å². The van der Waals surface area contributed by atoms with Gasteiger partial charge >= 0.3 is 0 Å². The van der Waals surface area contributed by atoms with Crippen molar-refractivity contribution < 1.29 is 5.21 Å². The molecule has 0 amide bonds. The number of oxime groups is 1. The Kier molecular flexibility index (Phi) is 3.38. The zero-order valence-electron chi connectivity index (χ0n) is 13.2. The number of hydrogen-bond donors (Lipinski definition) is 1. The molecule has 4 aromatic carbocycles. The molecule has 0 aliphatic rings. The van der Waals surface area contributed by atoms with E-state index in [9.17, 15) is 5.21 Å². The summed E-state index contributed by atoms with van der Waals surface area (Å²) >= 11 is 0. The molecule has 0 aliphatic carbocycles. The van der Waals surface area contributed by atoms with E-state index in [-0.39, 0.29) is 0 Å². The third kappa shape index (κ3) is 2.14. The van der Waals surface area contributed by atoms with Gasteiger partial charge in [0.2, 0.25) is 0 Å². The highest BCUT2D eigenvalue weighted by atomic mass is 16.4. The fourth-order valence-corrected chi connectivity index (χ4v) is 3.57. The number of rotatable bonds is 4. The number of unbranched alkanes of at least 4 members (excludes halogenated alkanes) is 1. The van der Waals surface area contributed by atoms with Crippen LogP contribution in [0.4, 0.5) is 0 Å². The van der Waals surface area contributed by atoms with E-state index in [4.69, 9.17) is 0 Å². The maximum Gasteiger partial charge on any atom is 0.0874 e. The second-order valence-corrected chi connectivity index (χ2v) is 6.12. The van der Waals surface area contributed by atoms with Gasteiger partial charge in [-0.25, -0.2) is 0 Å². The molecule has 0 saturated carbocycles. The second kappa shape index (κ2) is 5.54. The molecule has 4 rings (SSSR count). The summed E-state index contributed by atoms with van der Waals surface area (Å²) in [5, 5.41) is 20.6. The van der Waals surface area contributed by atoms with Crippen LogP contribution in [0.3, 0.4) is 0 Å². The van der Waals surface area contributed by atoms with Crippen LogP contribution in [0.5, 0.6) is 0 Å². The molecule has 0 unspecified atom stereocenters. The van der Waals surface area contributed by atoms with E-state index in [0.717, 1.165) is 30.5 Å². The lowest BCUT2D eigenvalue weighted by Crippen LogP contribution is -2.02. The average molecular weight is 301 g/mol. The minimum Gasteiger partial charge on any atom is -0.411 e. The van der Waals surface area contributed by atoms with Crippen LogP contribution in [0.2, 0.25) is 0 Å². The SMILES string of the molecule is CCCC/C(=N/O)c1ccc2ccc3cccc4ccc1c2c34. The highest BCUT2D eigenvalue weighted by Crippen LogP contribution is 2.36. The topological polar surface area (TPSA) is 32.6 Å². The Morgan fingerprint density at radius 3 is 2.22 bits per heavy atom. The Hall–Kier alpha value is -2.61. The molecule has 0 spiro atoms. The minimum atomic E-state index is 0.782. The molecule has 4 aromatic rings. The molecular formula is C21H19NO. The zero-order chi connectivity index (χ0) is 15.8. The van der Waals surface area contributed by atoms with Gasteiger partial charge in [0.05, 0.1) is 5.71 Å². The minimum absolute atomic E-state index is 0.782. The highest BCUT2D eigenvalue weighted by molar-refractivity contribution is 6.26. The van der Waals surface area contributed by atoms with Gasteiger partial charge in [-0.3, -0.25) is 0 Å². The van der Waals surface area contributed by atoms with Crippen molar-refractivity contribution >= 4 is 38.0 Å². The predicted molar refractivity (Wildman–Crippen MR) is 98.0 cm³/mol. The van der Waals surface area contributed by atoms with Gasteiger partial charge in [0.25, 0.3) is 0 Å². The first-order chi connectivity index (χ1) is 11.3. The molecule has 0 saturated heterocycles. The van der Waals surface area contributed by atoms with E-state index < -0.39 is 0 Å². The molecule has 0 atom stereocenters. The van der Waals surface area contributed by atoms with Crippen LogP contribution in [0.25, 0.3) is 32.3 Å². The zero-order valence-corrected chi connectivity index (χ0v) is 13.2. The van der Waals surface area contributed by atoms with Gasteiger partial charge in [-0.05, 0) is 45.2 Å². The first-order valence-electron chi connectivity index (χ1n) is 8.21. The van der Waals surface area contributed by atoms with Crippen molar-refractivity contribution in [1.82, 2.24) is 0 Å². The van der Waals surface area contributed by atoms with Crippen LogP contribution in [0, 0.1) is 0 Å². The van der Waals surface area contributed by atoms with E-state index in [1.165, 1.54) is 32.3 Å². The maximum absolute atomic E-state index is 9.49. The van der Waals surface area contributed by atoms with Crippen molar-refractivity contribution in [3.05, 3.63) is 60.2 Å². The van der Waals surface area contributed by atoms with E-state index in [2.05, 4.69) is 66.7 Å². The van der Waals surface area contributed by atoms with Gasteiger partial charge in [-0.2, -0.15) is 0 Å². The molecule has 1 N–H and O–H groups in total. The lowest BCUT2D eigenvalue weighted by molar-refractivity contribution is 0.318. The first-order valence-corrected chi connectivity index (χ1v) is 8.21. The third-order valence-electron chi connectivity index (χ3n) is 4.73. The molecule has 23 heavy (non-hydrogen) atoms. The molecule has 0 fully saturated rings. The summed E-state index contributed by atoms with van der Waals surface area (Å²) in [6.45, 7) is 2.15. The maximum atomic E-state index is 9.49. The summed E-state index contributed by atoms with van der Waals surface area (Å²) in [7, 11) is 0. The van der Waals surface area contributed by atoms with Crippen molar-refractivity contribution in [2.45, 2.75) is 26.2 Å².